The number of nitrogens with two attached hydrogens (primary N) is 1. The number of para-hydroxylation sites is 2. The van der Waals surface area contributed by atoms with Crippen LogP contribution >= 0.6 is 11.6 Å². The van der Waals surface area contributed by atoms with E-state index >= 15 is 0 Å². The van der Waals surface area contributed by atoms with E-state index in [-0.39, 0.29) is 13.0 Å². The van der Waals surface area contributed by atoms with Crippen molar-refractivity contribution in [1.29, 1.82) is 0 Å². The van der Waals surface area contributed by atoms with Gasteiger partial charge in [0.15, 0.2) is 5.17 Å². The molecule has 0 aliphatic rings. The average molecular weight is 697 g/mol. The third-order valence-corrected chi connectivity index (χ3v) is 5.84. The van der Waals surface area contributed by atoms with Gasteiger partial charge in [0.2, 0.25) is 5.78 Å². The smallest absolute Gasteiger partial charge is 0.377 e. The molecule has 0 aliphatic heterocycles. The van der Waals surface area contributed by atoms with Crippen LogP contribution in [0.1, 0.15) is 31.7 Å². The number of rotatable bonds is 13. The molecule has 5 nitrogen and oxygen atoms in total. The van der Waals surface area contributed by atoms with E-state index in [2.05, 4.69) is 29.5 Å². The lowest BCUT2D eigenvalue weighted by atomic mass is 10.0. The Morgan fingerprint density at radius 3 is 1.56 bits per heavy atom. The number of ketones is 1. The molecule has 0 heterocycles. The third-order valence-electron chi connectivity index (χ3n) is 5.48. The lowest BCUT2D eigenvalue weighted by molar-refractivity contribution is -0.170. The number of nitrogens with zero attached hydrogens (tertiary/aromatic N) is 1. The number of Topliss-reactive ketones (excluding diaryl/α,β-unsaturated/α-hetero) is 1. The normalized spacial score (nSPS) is 11.1. The molecule has 0 radical (unpaired) electrons. The summed E-state index contributed by atoms with van der Waals surface area (Å²) in [7, 11) is 0. The fourth-order valence-corrected chi connectivity index (χ4v) is 3.30. The van der Waals surface area contributed by atoms with Crippen LogP contribution in [0.4, 0.5) is 37.7 Å². The fraction of sp³-hybridized carbons (Fsp3) is 0.250. The molecule has 0 saturated heterocycles. The highest BCUT2D eigenvalue weighted by Crippen LogP contribution is 2.26. The van der Waals surface area contributed by atoms with Crippen LogP contribution in [0, 0.1) is 0 Å². The number of carbonyl (C=O) groups is 2. The van der Waals surface area contributed by atoms with Gasteiger partial charge >= 0.3 is 23.7 Å². The average Bonchev–Trinajstić information content (AvgIpc) is 3.03. The van der Waals surface area contributed by atoms with Gasteiger partial charge in [-0.25, -0.2) is 9.79 Å². The van der Waals surface area contributed by atoms with E-state index in [1.54, 1.807) is 60.7 Å². The highest BCUT2D eigenvalue weighted by Gasteiger charge is 2.39. The van der Waals surface area contributed by atoms with Crippen molar-refractivity contribution in [1.82, 2.24) is 0 Å². The highest BCUT2D eigenvalue weighted by atomic mass is 35.5. The van der Waals surface area contributed by atoms with Gasteiger partial charge in [0.05, 0.1) is 12.3 Å². The first-order valence-electron chi connectivity index (χ1n) is 14.4. The van der Waals surface area contributed by atoms with Gasteiger partial charge in [-0.3, -0.25) is 4.79 Å². The van der Waals surface area contributed by atoms with Crippen molar-refractivity contribution in [2.75, 3.05) is 12.3 Å². The fourth-order valence-electron chi connectivity index (χ4n) is 3.12. The summed E-state index contributed by atoms with van der Waals surface area (Å²) < 4.78 is 81.5. The van der Waals surface area contributed by atoms with Gasteiger partial charge in [-0.2, -0.15) is 26.3 Å². The minimum absolute atomic E-state index is 0.0361. The lowest BCUT2D eigenvalue weighted by Gasteiger charge is -2.12. The second-order valence-corrected chi connectivity index (χ2v) is 9.90. The van der Waals surface area contributed by atoms with E-state index in [1.165, 1.54) is 6.92 Å². The number of ether oxygens (including phenoxy) is 1. The number of anilines is 1. The van der Waals surface area contributed by atoms with Gasteiger partial charge in [-0.15, -0.1) is 19.7 Å². The van der Waals surface area contributed by atoms with Gasteiger partial charge in [0, 0.05) is 31.4 Å². The molecule has 0 unspecified atom stereocenters. The number of benzene rings is 3. The molecule has 0 aromatic heterocycles. The summed E-state index contributed by atoms with van der Waals surface area (Å²) in [5.41, 5.74) is 7.19. The van der Waals surface area contributed by atoms with Crippen molar-refractivity contribution in [3.05, 3.63) is 135 Å². The van der Waals surface area contributed by atoms with Crippen molar-refractivity contribution in [2.45, 2.75) is 50.4 Å². The summed E-state index contributed by atoms with van der Waals surface area (Å²) in [6.07, 6.45) is 1.14. The number of aliphatic imine (C=N–C) groups is 1. The van der Waals surface area contributed by atoms with Crippen LogP contribution in [0.15, 0.2) is 134 Å². The molecule has 48 heavy (non-hydrogen) atoms. The summed E-state index contributed by atoms with van der Waals surface area (Å²) in [5, 5.41) is -0.714. The zero-order valence-electron chi connectivity index (χ0n) is 26.4. The zero-order chi connectivity index (χ0) is 36.6. The summed E-state index contributed by atoms with van der Waals surface area (Å²) in [6, 6.07) is 26.4. The van der Waals surface area contributed by atoms with E-state index < -0.39 is 54.0 Å². The Hall–Kier alpha value is -4.64. The van der Waals surface area contributed by atoms with Gasteiger partial charge < -0.3 is 10.5 Å². The summed E-state index contributed by atoms with van der Waals surface area (Å²) >= 11 is 5.44. The van der Waals surface area contributed by atoms with Gasteiger partial charge in [-0.1, -0.05) is 96.6 Å². The molecule has 260 valence electrons. The number of hydrogen-bond acceptors (Lipinski definition) is 5. The minimum Gasteiger partial charge on any atom is -0.462 e. The van der Waals surface area contributed by atoms with E-state index in [4.69, 9.17) is 17.3 Å². The highest BCUT2D eigenvalue weighted by molar-refractivity contribution is 6.67. The Bertz CT molecular complexity index is 1420. The van der Waals surface area contributed by atoms with Crippen molar-refractivity contribution < 1.29 is 40.7 Å². The first-order valence-corrected chi connectivity index (χ1v) is 14.7. The molecule has 12 heteroatoms. The van der Waals surface area contributed by atoms with E-state index in [9.17, 15) is 35.9 Å². The van der Waals surface area contributed by atoms with E-state index in [0.29, 0.717) is 11.3 Å². The quantitative estimate of drug-likeness (QED) is 0.0634. The molecule has 3 aromatic carbocycles. The largest absolute Gasteiger partial charge is 0.462 e. The molecule has 0 bridgehead atoms. The van der Waals surface area contributed by atoms with Crippen molar-refractivity contribution in [2.24, 2.45) is 4.99 Å². The number of alkyl halides is 6. The van der Waals surface area contributed by atoms with Gasteiger partial charge in [0.1, 0.15) is 0 Å². The van der Waals surface area contributed by atoms with Crippen LogP contribution < -0.4 is 5.73 Å². The number of esters is 1. The maximum Gasteiger partial charge on any atom is 0.377 e. The van der Waals surface area contributed by atoms with Crippen LogP contribution in [-0.2, 0) is 20.7 Å². The van der Waals surface area contributed by atoms with E-state index in [1.807, 2.05) is 30.3 Å². The minimum atomic E-state index is -3.42. The number of halogens is 7. The lowest BCUT2D eigenvalue weighted by Crippen LogP contribution is -2.29. The Balaban J connectivity index is 0.000000635. The van der Waals surface area contributed by atoms with Crippen LogP contribution in [0.2, 0.25) is 0 Å². The van der Waals surface area contributed by atoms with Crippen LogP contribution in [0.25, 0.3) is 0 Å². The van der Waals surface area contributed by atoms with Crippen LogP contribution in [0.3, 0.4) is 0 Å². The van der Waals surface area contributed by atoms with Crippen LogP contribution in [0.5, 0.6) is 0 Å². The topological polar surface area (TPSA) is 81.8 Å². The Kier molecular flexibility index (Phi) is 20.6. The molecular weight excluding hydrogens is 658 g/mol. The predicted molar refractivity (Wildman–Crippen MR) is 181 cm³/mol. The number of allylic oxidation sites excluding steroid dienone is 3. The SMILES string of the molecule is C=CCC(F)(F)C(=O)Cc1ccccc1.C=CCC(F)(F)C(=O)OCC.C=CCC(F)(F)C(Cl)=Nc1ccccc1.Nc1ccccc1. The second-order valence-electron chi connectivity index (χ2n) is 9.55. The van der Waals surface area contributed by atoms with Gasteiger partial charge in [0.25, 0.3) is 0 Å². The van der Waals surface area contributed by atoms with Crippen molar-refractivity contribution in [3.63, 3.8) is 0 Å². The number of hydrogen-bond donors (Lipinski definition) is 1. The first kappa shape index (κ1) is 43.4. The van der Waals surface area contributed by atoms with E-state index in [0.717, 1.165) is 23.9 Å². The second kappa shape index (κ2) is 22.8. The third kappa shape index (κ3) is 18.5. The van der Waals surface area contributed by atoms with Crippen LogP contribution in [-0.4, -0.2) is 41.3 Å². The van der Waals surface area contributed by atoms with Gasteiger partial charge in [-0.05, 0) is 36.8 Å². The first-order chi connectivity index (χ1) is 22.6. The summed E-state index contributed by atoms with van der Waals surface area (Å²) in [6.45, 7) is 11.0. The molecule has 3 rings (SSSR count). The molecule has 0 atom stereocenters. The monoisotopic (exact) mass is 696 g/mol. The Morgan fingerprint density at radius 1 is 0.729 bits per heavy atom. The number of carbonyl (C=O) groups excluding carboxylic acids is 2. The predicted octanol–water partition coefficient (Wildman–Crippen LogP) is 10.2. The van der Waals surface area contributed by atoms with Crippen molar-refractivity contribution in [3.8, 4) is 0 Å². The molecule has 0 aliphatic carbocycles. The Labute approximate surface area is 282 Å². The molecule has 0 spiro atoms. The maximum absolute atomic E-state index is 13.2. The molecular formula is C36H39ClF6N2O3. The number of nitrogen functional groups attached to an aromatic ring is 1. The summed E-state index contributed by atoms with van der Waals surface area (Å²) in [4.78, 5) is 25.3. The Morgan fingerprint density at radius 2 is 1.15 bits per heavy atom. The molecule has 3 aromatic rings. The molecule has 0 saturated carbocycles. The molecule has 0 amide bonds. The molecule has 2 N–H and O–H groups in total. The maximum atomic E-state index is 13.2. The van der Waals surface area contributed by atoms with Crippen molar-refractivity contribution >= 4 is 39.9 Å². The zero-order valence-corrected chi connectivity index (χ0v) is 27.2. The summed E-state index contributed by atoms with van der Waals surface area (Å²) in [5.74, 6) is -12.4. The standard InChI is InChI=1S/C12H12F2O.C11H10ClF2N.C7H10F2O2.C6H7N/c1-2-8-12(13,14)11(15)9-10-6-4-3-5-7-10;1-2-8-11(13,14)10(12)15-9-6-4-3-5-7-9;1-3-5-7(8,9)6(10)11-4-2;7-6-4-2-1-3-5-6/h2-7H,1,8-9H2;2-7H,1,8H2;3H,1,4-5H2,2H3;1-5H,7H2. The molecule has 0 fully saturated rings.